The van der Waals surface area contributed by atoms with Gasteiger partial charge < -0.3 is 15.0 Å². The zero-order chi connectivity index (χ0) is 18.4. The number of benzene rings is 1. The molecule has 0 bridgehead atoms. The maximum absolute atomic E-state index is 12.2. The Bertz CT molecular complexity index is 594. The van der Waals surface area contributed by atoms with E-state index in [2.05, 4.69) is 11.4 Å². The summed E-state index contributed by atoms with van der Waals surface area (Å²) in [5, 5.41) is 2.89. The third kappa shape index (κ3) is 7.13. The van der Waals surface area contributed by atoms with Gasteiger partial charge in [0.05, 0.1) is 13.1 Å². The molecule has 1 aliphatic carbocycles. The number of amides is 2. The van der Waals surface area contributed by atoms with Crippen molar-refractivity contribution in [1.29, 1.82) is 0 Å². The number of nitrogens with zero attached hydrogens (tertiary/aromatic N) is 2. The molecule has 1 N–H and O–H groups in total. The molecule has 1 saturated carbocycles. The Balaban J connectivity index is 1.66. The summed E-state index contributed by atoms with van der Waals surface area (Å²) in [5.41, 5.74) is 2.34. The third-order valence-electron chi connectivity index (χ3n) is 4.09. The van der Waals surface area contributed by atoms with E-state index in [1.807, 2.05) is 37.9 Å². The normalized spacial score (nSPS) is 13.6. The molecule has 138 valence electrons. The van der Waals surface area contributed by atoms with Gasteiger partial charge in [-0.3, -0.25) is 14.5 Å². The fraction of sp³-hybridized carbons (Fsp3) is 0.579. The number of rotatable bonds is 9. The summed E-state index contributed by atoms with van der Waals surface area (Å²) in [6, 6.07) is 6.43. The molecule has 1 aliphatic rings. The van der Waals surface area contributed by atoms with E-state index >= 15 is 0 Å². The second-order valence-electron chi connectivity index (χ2n) is 7.00. The molecule has 1 fully saturated rings. The minimum Gasteiger partial charge on any atom is -0.492 e. The predicted molar refractivity (Wildman–Crippen MR) is 97.7 cm³/mol. The van der Waals surface area contributed by atoms with Gasteiger partial charge in [0.15, 0.2) is 0 Å². The van der Waals surface area contributed by atoms with Crippen LogP contribution in [-0.2, 0) is 9.59 Å². The lowest BCUT2D eigenvalue weighted by Crippen LogP contribution is -2.43. The number of carbonyl (C=O) groups is 2. The van der Waals surface area contributed by atoms with Crippen LogP contribution in [0.4, 0.5) is 0 Å². The van der Waals surface area contributed by atoms with Gasteiger partial charge in [-0.2, -0.15) is 0 Å². The van der Waals surface area contributed by atoms with Crippen molar-refractivity contribution in [1.82, 2.24) is 15.1 Å². The summed E-state index contributed by atoms with van der Waals surface area (Å²) in [4.78, 5) is 27.3. The van der Waals surface area contributed by atoms with Crippen LogP contribution < -0.4 is 10.1 Å². The van der Waals surface area contributed by atoms with E-state index in [0.29, 0.717) is 19.2 Å². The summed E-state index contributed by atoms with van der Waals surface area (Å²) in [6.45, 7) is 5.62. The lowest BCUT2D eigenvalue weighted by Gasteiger charge is -2.21. The van der Waals surface area contributed by atoms with E-state index in [-0.39, 0.29) is 24.9 Å². The monoisotopic (exact) mass is 347 g/mol. The average molecular weight is 347 g/mol. The Labute approximate surface area is 150 Å². The first-order valence-electron chi connectivity index (χ1n) is 8.76. The molecule has 2 rings (SSSR count). The van der Waals surface area contributed by atoms with Gasteiger partial charge in [0, 0.05) is 19.6 Å². The average Bonchev–Trinajstić information content (AvgIpc) is 3.29. The summed E-state index contributed by atoms with van der Waals surface area (Å²) in [5.74, 6) is 0.699. The maximum Gasteiger partial charge on any atom is 0.239 e. The minimum atomic E-state index is -0.0841. The fourth-order valence-electron chi connectivity index (χ4n) is 2.57. The molecule has 0 saturated heterocycles. The minimum absolute atomic E-state index is 0.0696. The molecule has 0 aromatic heterocycles. The van der Waals surface area contributed by atoms with Gasteiger partial charge in [0.1, 0.15) is 12.4 Å². The molecule has 0 heterocycles. The molecule has 0 unspecified atom stereocenters. The highest BCUT2D eigenvalue weighted by atomic mass is 16.5. The van der Waals surface area contributed by atoms with Gasteiger partial charge in [-0.25, -0.2) is 0 Å². The highest BCUT2D eigenvalue weighted by Crippen LogP contribution is 2.18. The van der Waals surface area contributed by atoms with Gasteiger partial charge in [0.25, 0.3) is 0 Å². The van der Waals surface area contributed by atoms with Crippen molar-refractivity contribution >= 4 is 11.8 Å². The molecule has 1 aromatic carbocycles. The van der Waals surface area contributed by atoms with Crippen LogP contribution in [0, 0.1) is 13.8 Å². The Morgan fingerprint density at radius 3 is 2.36 bits per heavy atom. The van der Waals surface area contributed by atoms with E-state index in [9.17, 15) is 9.59 Å². The molecule has 0 aliphatic heterocycles. The first-order valence-corrected chi connectivity index (χ1v) is 8.76. The largest absolute Gasteiger partial charge is 0.492 e. The van der Waals surface area contributed by atoms with E-state index in [1.54, 1.807) is 7.05 Å². The van der Waals surface area contributed by atoms with Gasteiger partial charge in [-0.1, -0.05) is 6.07 Å². The second-order valence-corrected chi connectivity index (χ2v) is 7.00. The number of hydrogen-bond donors (Lipinski definition) is 1. The lowest BCUT2D eigenvalue weighted by molar-refractivity contribution is -0.135. The molecule has 0 radical (unpaired) electrons. The zero-order valence-corrected chi connectivity index (χ0v) is 15.7. The zero-order valence-electron chi connectivity index (χ0n) is 15.7. The molecule has 6 heteroatoms. The van der Waals surface area contributed by atoms with Crippen LogP contribution in [0.1, 0.15) is 24.0 Å². The summed E-state index contributed by atoms with van der Waals surface area (Å²) in [6.07, 6.45) is 2.10. The standard InChI is InChI=1S/C19H29N3O3/c1-14-9-15(2)11-17(10-14)25-8-7-21(3)13-19(24)22(4)12-18(23)20-16-5-6-16/h9-11,16H,5-8,12-13H2,1-4H3,(H,20,23). The van der Waals surface area contributed by atoms with Crippen LogP contribution in [0.5, 0.6) is 5.75 Å². The number of aryl methyl sites for hydroxylation is 2. The Morgan fingerprint density at radius 2 is 1.76 bits per heavy atom. The SMILES string of the molecule is Cc1cc(C)cc(OCCN(C)CC(=O)N(C)CC(=O)NC2CC2)c1. The summed E-state index contributed by atoms with van der Waals surface area (Å²) < 4.78 is 5.76. The van der Waals surface area contributed by atoms with Crippen molar-refractivity contribution in [3.8, 4) is 5.75 Å². The van der Waals surface area contributed by atoms with Crippen molar-refractivity contribution in [3.05, 3.63) is 29.3 Å². The van der Waals surface area contributed by atoms with Gasteiger partial charge in [-0.05, 0) is 57.0 Å². The quantitative estimate of drug-likeness (QED) is 0.732. The highest BCUT2D eigenvalue weighted by molar-refractivity contribution is 5.85. The molecule has 0 spiro atoms. The topological polar surface area (TPSA) is 61.9 Å². The molecule has 25 heavy (non-hydrogen) atoms. The van der Waals surface area contributed by atoms with Crippen molar-refractivity contribution in [2.75, 3.05) is 40.3 Å². The van der Waals surface area contributed by atoms with E-state index in [0.717, 1.165) is 18.6 Å². The second kappa shape index (κ2) is 8.85. The van der Waals surface area contributed by atoms with Gasteiger partial charge >= 0.3 is 0 Å². The smallest absolute Gasteiger partial charge is 0.239 e. The lowest BCUT2D eigenvalue weighted by atomic mass is 10.1. The van der Waals surface area contributed by atoms with E-state index < -0.39 is 0 Å². The van der Waals surface area contributed by atoms with Crippen molar-refractivity contribution < 1.29 is 14.3 Å². The number of ether oxygens (including phenoxy) is 1. The van der Waals surface area contributed by atoms with Crippen molar-refractivity contribution in [2.45, 2.75) is 32.7 Å². The van der Waals surface area contributed by atoms with E-state index in [4.69, 9.17) is 4.74 Å². The molecule has 2 amide bonds. The first kappa shape index (κ1) is 19.2. The van der Waals surface area contributed by atoms with Crippen molar-refractivity contribution in [2.24, 2.45) is 0 Å². The molecule has 0 atom stereocenters. The Morgan fingerprint density at radius 1 is 1.12 bits per heavy atom. The highest BCUT2D eigenvalue weighted by Gasteiger charge is 2.24. The van der Waals surface area contributed by atoms with Crippen LogP contribution >= 0.6 is 0 Å². The maximum atomic E-state index is 12.2. The first-order chi connectivity index (χ1) is 11.8. The molecular formula is C19H29N3O3. The predicted octanol–water partition coefficient (Wildman–Crippen LogP) is 1.35. The van der Waals surface area contributed by atoms with E-state index in [1.165, 1.54) is 16.0 Å². The molecule has 1 aromatic rings. The number of hydrogen-bond acceptors (Lipinski definition) is 4. The summed E-state index contributed by atoms with van der Waals surface area (Å²) in [7, 11) is 3.54. The molecule has 6 nitrogen and oxygen atoms in total. The Hall–Kier alpha value is -2.08. The number of carbonyl (C=O) groups excluding carboxylic acids is 2. The fourth-order valence-corrected chi connectivity index (χ4v) is 2.57. The van der Waals surface area contributed by atoms with Gasteiger partial charge in [0.2, 0.25) is 11.8 Å². The van der Waals surface area contributed by atoms with Gasteiger partial charge in [-0.15, -0.1) is 0 Å². The van der Waals surface area contributed by atoms with Crippen LogP contribution in [0.2, 0.25) is 0 Å². The van der Waals surface area contributed by atoms with Crippen LogP contribution in [0.25, 0.3) is 0 Å². The van der Waals surface area contributed by atoms with Crippen LogP contribution in [0.15, 0.2) is 18.2 Å². The van der Waals surface area contributed by atoms with Crippen LogP contribution in [-0.4, -0.2) is 68.0 Å². The number of likely N-dealkylation sites (N-methyl/N-ethyl adjacent to an activating group) is 2. The Kier molecular flexibility index (Phi) is 6.82. The van der Waals surface area contributed by atoms with Crippen molar-refractivity contribution in [3.63, 3.8) is 0 Å². The summed E-state index contributed by atoms with van der Waals surface area (Å²) >= 11 is 0. The number of nitrogens with one attached hydrogen (secondary N) is 1. The third-order valence-corrected chi connectivity index (χ3v) is 4.09. The molecular weight excluding hydrogens is 318 g/mol. The van der Waals surface area contributed by atoms with Crippen LogP contribution in [0.3, 0.4) is 0 Å².